The normalized spacial score (nSPS) is 19.4. The van der Waals surface area contributed by atoms with Gasteiger partial charge in [0.25, 0.3) is 5.91 Å². The van der Waals surface area contributed by atoms with Gasteiger partial charge in [0.15, 0.2) is 0 Å². The molecular formula is C20H22N4O2. The summed E-state index contributed by atoms with van der Waals surface area (Å²) in [5.74, 6) is -0.135. The monoisotopic (exact) mass is 350 g/mol. The van der Waals surface area contributed by atoms with Crippen LogP contribution in [0.1, 0.15) is 53.0 Å². The van der Waals surface area contributed by atoms with Crippen molar-refractivity contribution in [3.63, 3.8) is 0 Å². The number of aryl methyl sites for hydroxylation is 2. The third-order valence-electron chi connectivity index (χ3n) is 4.50. The Kier molecular flexibility index (Phi) is 5.47. The number of benzene rings is 1. The SMILES string of the molecule is Cc1cc(C)nc(OC2CCC(NC(=O)c3cccc(C#N)c3)CC2)n1. The van der Waals surface area contributed by atoms with E-state index in [1.54, 1.807) is 24.3 Å². The van der Waals surface area contributed by atoms with E-state index in [-0.39, 0.29) is 18.1 Å². The van der Waals surface area contributed by atoms with Crippen molar-refractivity contribution in [1.29, 1.82) is 5.26 Å². The summed E-state index contributed by atoms with van der Waals surface area (Å²) in [6.45, 7) is 3.85. The smallest absolute Gasteiger partial charge is 0.317 e. The molecule has 0 saturated heterocycles. The summed E-state index contributed by atoms with van der Waals surface area (Å²) in [6, 6.07) is 11.3. The summed E-state index contributed by atoms with van der Waals surface area (Å²) < 4.78 is 5.91. The second kappa shape index (κ2) is 7.96. The molecule has 1 aromatic heterocycles. The zero-order valence-electron chi connectivity index (χ0n) is 15.0. The van der Waals surface area contributed by atoms with Crippen LogP contribution in [-0.4, -0.2) is 28.0 Å². The maximum Gasteiger partial charge on any atom is 0.317 e. The van der Waals surface area contributed by atoms with Crippen LogP contribution < -0.4 is 10.1 Å². The van der Waals surface area contributed by atoms with Crippen molar-refractivity contribution >= 4 is 5.91 Å². The lowest BCUT2D eigenvalue weighted by Gasteiger charge is -2.29. The zero-order chi connectivity index (χ0) is 18.5. The number of nitrogens with zero attached hydrogens (tertiary/aromatic N) is 3. The molecule has 2 aromatic rings. The Morgan fingerprint density at radius 3 is 2.50 bits per heavy atom. The number of amides is 1. The summed E-state index contributed by atoms with van der Waals surface area (Å²) >= 11 is 0. The second-order valence-corrected chi connectivity index (χ2v) is 6.69. The summed E-state index contributed by atoms with van der Waals surface area (Å²) in [5.41, 5.74) is 2.80. The minimum Gasteiger partial charge on any atom is -0.460 e. The molecule has 26 heavy (non-hydrogen) atoms. The molecule has 0 unspecified atom stereocenters. The fourth-order valence-corrected chi connectivity index (χ4v) is 3.22. The lowest BCUT2D eigenvalue weighted by atomic mass is 9.92. The zero-order valence-corrected chi connectivity index (χ0v) is 15.0. The lowest BCUT2D eigenvalue weighted by molar-refractivity contribution is 0.0884. The summed E-state index contributed by atoms with van der Waals surface area (Å²) in [7, 11) is 0. The molecule has 1 aromatic carbocycles. The van der Waals surface area contributed by atoms with Crippen LogP contribution in [0.2, 0.25) is 0 Å². The van der Waals surface area contributed by atoms with E-state index in [2.05, 4.69) is 21.4 Å². The minimum atomic E-state index is -0.135. The van der Waals surface area contributed by atoms with Crippen LogP contribution in [-0.2, 0) is 0 Å². The predicted octanol–water partition coefficient (Wildman–Crippen LogP) is 3.09. The van der Waals surface area contributed by atoms with Crippen LogP contribution in [0.5, 0.6) is 6.01 Å². The Balaban J connectivity index is 1.52. The van der Waals surface area contributed by atoms with E-state index in [1.807, 2.05) is 19.9 Å². The molecule has 1 fully saturated rings. The number of carbonyl (C=O) groups is 1. The van der Waals surface area contributed by atoms with Crippen molar-refractivity contribution in [2.45, 2.75) is 51.7 Å². The van der Waals surface area contributed by atoms with Crippen LogP contribution in [0.25, 0.3) is 0 Å². The number of nitriles is 1. The summed E-state index contributed by atoms with van der Waals surface area (Å²) in [5, 5.41) is 12.0. The number of rotatable bonds is 4. The molecule has 0 bridgehead atoms. The van der Waals surface area contributed by atoms with Gasteiger partial charge in [-0.3, -0.25) is 4.79 Å². The number of carbonyl (C=O) groups excluding carboxylic acids is 1. The standard InChI is InChI=1S/C20H22N4O2/c1-13-10-14(2)23-20(22-13)26-18-8-6-17(7-9-18)24-19(25)16-5-3-4-15(11-16)12-21/h3-5,10-11,17-18H,6-9H2,1-2H3,(H,24,25). The molecule has 0 spiro atoms. The molecule has 6 heteroatoms. The first-order chi connectivity index (χ1) is 12.5. The van der Waals surface area contributed by atoms with Crippen molar-refractivity contribution in [1.82, 2.24) is 15.3 Å². The number of nitrogens with one attached hydrogen (secondary N) is 1. The Morgan fingerprint density at radius 1 is 1.15 bits per heavy atom. The second-order valence-electron chi connectivity index (χ2n) is 6.69. The van der Waals surface area contributed by atoms with Gasteiger partial charge >= 0.3 is 6.01 Å². The molecule has 1 amide bonds. The molecule has 134 valence electrons. The average Bonchev–Trinajstić information content (AvgIpc) is 2.62. The first kappa shape index (κ1) is 17.9. The van der Waals surface area contributed by atoms with Gasteiger partial charge in [0.2, 0.25) is 0 Å². The van der Waals surface area contributed by atoms with E-state index < -0.39 is 0 Å². The van der Waals surface area contributed by atoms with Crippen LogP contribution in [0.4, 0.5) is 0 Å². The fraction of sp³-hybridized carbons (Fsp3) is 0.400. The molecule has 1 aliphatic rings. The minimum absolute atomic E-state index is 0.0752. The van der Waals surface area contributed by atoms with Gasteiger partial charge in [-0.25, -0.2) is 9.97 Å². The summed E-state index contributed by atoms with van der Waals surface area (Å²) in [6.07, 6.45) is 3.46. The molecule has 6 nitrogen and oxygen atoms in total. The third kappa shape index (κ3) is 4.57. The lowest BCUT2D eigenvalue weighted by Crippen LogP contribution is -2.39. The van der Waals surface area contributed by atoms with Crippen molar-refractivity contribution < 1.29 is 9.53 Å². The molecule has 0 atom stereocenters. The molecule has 3 rings (SSSR count). The molecular weight excluding hydrogens is 328 g/mol. The van der Waals surface area contributed by atoms with Crippen LogP contribution in [0.15, 0.2) is 30.3 Å². The Hall–Kier alpha value is -2.94. The van der Waals surface area contributed by atoms with Gasteiger partial charge in [0.05, 0.1) is 11.6 Å². The Bertz CT molecular complexity index is 816. The molecule has 1 aliphatic carbocycles. The Morgan fingerprint density at radius 2 is 1.85 bits per heavy atom. The predicted molar refractivity (Wildman–Crippen MR) is 96.8 cm³/mol. The van der Waals surface area contributed by atoms with E-state index in [0.717, 1.165) is 37.1 Å². The molecule has 1 saturated carbocycles. The highest BCUT2D eigenvalue weighted by atomic mass is 16.5. The highest BCUT2D eigenvalue weighted by molar-refractivity contribution is 5.94. The van der Waals surface area contributed by atoms with Crippen LogP contribution in [0, 0.1) is 25.2 Å². The van der Waals surface area contributed by atoms with E-state index in [4.69, 9.17) is 10.00 Å². The number of hydrogen-bond donors (Lipinski definition) is 1. The topological polar surface area (TPSA) is 87.9 Å². The highest BCUT2D eigenvalue weighted by Gasteiger charge is 2.24. The first-order valence-electron chi connectivity index (χ1n) is 8.83. The maximum atomic E-state index is 12.4. The molecule has 0 aliphatic heterocycles. The fourth-order valence-electron chi connectivity index (χ4n) is 3.22. The van der Waals surface area contributed by atoms with E-state index in [0.29, 0.717) is 17.1 Å². The molecule has 1 N–H and O–H groups in total. The van der Waals surface area contributed by atoms with E-state index >= 15 is 0 Å². The summed E-state index contributed by atoms with van der Waals surface area (Å²) in [4.78, 5) is 21.0. The average molecular weight is 350 g/mol. The Labute approximate surface area is 153 Å². The third-order valence-corrected chi connectivity index (χ3v) is 4.50. The van der Waals surface area contributed by atoms with Gasteiger partial charge in [-0.1, -0.05) is 6.07 Å². The highest BCUT2D eigenvalue weighted by Crippen LogP contribution is 2.23. The van der Waals surface area contributed by atoms with Crippen molar-refractivity contribution in [3.05, 3.63) is 52.8 Å². The van der Waals surface area contributed by atoms with E-state index in [1.165, 1.54) is 0 Å². The first-order valence-corrected chi connectivity index (χ1v) is 8.83. The van der Waals surface area contributed by atoms with Crippen molar-refractivity contribution in [3.8, 4) is 12.1 Å². The van der Waals surface area contributed by atoms with Gasteiger partial charge < -0.3 is 10.1 Å². The number of aromatic nitrogens is 2. The van der Waals surface area contributed by atoms with Gasteiger partial charge in [-0.05, 0) is 63.8 Å². The van der Waals surface area contributed by atoms with Gasteiger partial charge in [0.1, 0.15) is 6.10 Å². The number of ether oxygens (including phenoxy) is 1. The van der Waals surface area contributed by atoms with Gasteiger partial charge in [-0.2, -0.15) is 5.26 Å². The quantitative estimate of drug-likeness (QED) is 0.915. The molecule has 0 radical (unpaired) electrons. The van der Waals surface area contributed by atoms with Crippen molar-refractivity contribution in [2.24, 2.45) is 0 Å². The van der Waals surface area contributed by atoms with Gasteiger partial charge in [-0.15, -0.1) is 0 Å². The van der Waals surface area contributed by atoms with E-state index in [9.17, 15) is 4.79 Å². The number of hydrogen-bond acceptors (Lipinski definition) is 5. The van der Waals surface area contributed by atoms with Crippen molar-refractivity contribution in [2.75, 3.05) is 0 Å². The van der Waals surface area contributed by atoms with Crippen LogP contribution in [0.3, 0.4) is 0 Å². The maximum absolute atomic E-state index is 12.4. The van der Waals surface area contributed by atoms with Crippen LogP contribution >= 0.6 is 0 Å². The van der Waals surface area contributed by atoms with Gasteiger partial charge in [0, 0.05) is 23.0 Å². The largest absolute Gasteiger partial charge is 0.460 e. The molecule has 1 heterocycles.